The Balaban J connectivity index is 1.55. The second-order valence-corrected chi connectivity index (χ2v) is 21.4. The molecule has 1 N–H and O–H groups in total. The Morgan fingerprint density at radius 2 is 1.52 bits per heavy atom. The Kier molecular flexibility index (Phi) is 12.3. The number of para-hydroxylation sites is 1. The van der Waals surface area contributed by atoms with Crippen molar-refractivity contribution >= 4 is 20.4 Å². The molecule has 2 heterocycles. The lowest BCUT2D eigenvalue weighted by Crippen LogP contribution is -2.49. The minimum absolute atomic E-state index is 0.0293. The van der Waals surface area contributed by atoms with Crippen LogP contribution in [0.2, 0.25) is 18.1 Å². The maximum absolute atomic E-state index is 13.1. The maximum atomic E-state index is 13.1. The van der Waals surface area contributed by atoms with Crippen molar-refractivity contribution in [2.75, 3.05) is 33.9 Å². The van der Waals surface area contributed by atoms with Crippen LogP contribution in [0.25, 0.3) is 11.1 Å². The first-order chi connectivity index (χ1) is 25.5. The first kappa shape index (κ1) is 40.6. The largest absolute Gasteiger partial charge is 0.493 e. The van der Waals surface area contributed by atoms with Crippen molar-refractivity contribution in [2.45, 2.75) is 90.0 Å². The number of likely N-dealkylation sites (tertiary alicyclic amines) is 1. The molecule has 0 bridgehead atoms. The molecule has 5 rings (SSSR count). The van der Waals surface area contributed by atoms with E-state index in [1.54, 1.807) is 18.2 Å². The van der Waals surface area contributed by atoms with E-state index in [1.165, 1.54) is 7.11 Å². The quantitative estimate of drug-likeness (QED) is 0.112. The van der Waals surface area contributed by atoms with Gasteiger partial charge in [-0.2, -0.15) is 0 Å². The highest BCUT2D eigenvalue weighted by Gasteiger charge is 2.47. The summed E-state index contributed by atoms with van der Waals surface area (Å²) in [6, 6.07) is 24.1. The number of hydrogen-bond donors (Lipinski definition) is 1. The van der Waals surface area contributed by atoms with Crippen molar-refractivity contribution in [1.29, 1.82) is 0 Å². The van der Waals surface area contributed by atoms with E-state index < -0.39 is 25.3 Å². The first-order valence-electron chi connectivity index (χ1n) is 18.7. The van der Waals surface area contributed by atoms with Crippen LogP contribution in [0.3, 0.4) is 0 Å². The molecule has 0 radical (unpaired) electrons. The maximum Gasteiger partial charge on any atom is 0.410 e. The minimum Gasteiger partial charge on any atom is -0.493 e. The van der Waals surface area contributed by atoms with E-state index >= 15 is 0 Å². The highest BCUT2D eigenvalue weighted by atomic mass is 28.4. The fourth-order valence-electron chi connectivity index (χ4n) is 6.87. The Bertz CT molecular complexity index is 1870. The van der Waals surface area contributed by atoms with Gasteiger partial charge in [0, 0.05) is 19.7 Å². The van der Waals surface area contributed by atoms with E-state index in [0.717, 1.165) is 22.4 Å². The molecule has 54 heavy (non-hydrogen) atoms. The summed E-state index contributed by atoms with van der Waals surface area (Å²) in [5.41, 5.74) is 2.04. The third-order valence-electron chi connectivity index (χ3n) is 10.9. The zero-order valence-corrected chi connectivity index (χ0v) is 34.6. The predicted octanol–water partition coefficient (Wildman–Crippen LogP) is 10.0. The number of carbonyl (C=O) groups is 2. The number of nitrogens with zero attached hydrogens (tertiary/aromatic N) is 2. The van der Waals surface area contributed by atoms with E-state index in [2.05, 4.69) is 63.1 Å². The number of esters is 1. The van der Waals surface area contributed by atoms with E-state index in [4.69, 9.17) is 28.4 Å². The van der Waals surface area contributed by atoms with Crippen LogP contribution in [0, 0.1) is 5.92 Å². The molecule has 1 aliphatic heterocycles. The van der Waals surface area contributed by atoms with Crippen molar-refractivity contribution in [3.05, 3.63) is 96.1 Å². The van der Waals surface area contributed by atoms with E-state index in [1.807, 2.05) is 69.3 Å². The number of imidazole rings is 1. The number of ether oxygens (including phenoxy) is 4. The van der Waals surface area contributed by atoms with Crippen LogP contribution in [0.1, 0.15) is 82.7 Å². The van der Waals surface area contributed by atoms with E-state index in [-0.39, 0.29) is 22.7 Å². The lowest BCUT2D eigenvalue weighted by molar-refractivity contribution is 0.0145. The molecule has 1 aromatic heterocycles. The second-order valence-electron chi connectivity index (χ2n) is 16.6. The van der Waals surface area contributed by atoms with Gasteiger partial charge in [0.2, 0.25) is 0 Å². The van der Waals surface area contributed by atoms with Crippen LogP contribution >= 0.6 is 0 Å². The Labute approximate surface area is 321 Å². The molecular weight excluding hydrogens is 699 g/mol. The van der Waals surface area contributed by atoms with Gasteiger partial charge in [0.25, 0.3) is 0 Å². The van der Waals surface area contributed by atoms with Gasteiger partial charge in [-0.25, -0.2) is 14.6 Å². The first-order valence-corrected chi connectivity index (χ1v) is 21.7. The average molecular weight is 756 g/mol. The molecule has 0 aliphatic carbocycles. The molecule has 11 heteroatoms. The number of hydrogen-bond acceptors (Lipinski definition) is 8. The van der Waals surface area contributed by atoms with Gasteiger partial charge in [-0.3, -0.25) is 0 Å². The Hall–Kier alpha value is -4.61. The number of aromatic amines is 1. The molecule has 1 atom stereocenters. The molecular formula is C43H57N3O7Si. The summed E-state index contributed by atoms with van der Waals surface area (Å²) >= 11 is 0. The molecule has 1 amide bonds. The molecule has 290 valence electrons. The molecule has 4 aromatic rings. The number of piperidine rings is 1. The van der Waals surface area contributed by atoms with Gasteiger partial charge in [-0.15, -0.1) is 0 Å². The Morgan fingerprint density at radius 3 is 2.11 bits per heavy atom. The number of amides is 1. The van der Waals surface area contributed by atoms with Gasteiger partial charge in [0.15, 0.2) is 19.8 Å². The third kappa shape index (κ3) is 9.18. The summed E-state index contributed by atoms with van der Waals surface area (Å²) in [7, 11) is 0.893. The minimum atomic E-state index is -2.11. The standard InChI is InChI=1S/C43H57N3O7Si/c1-41(2,3)53-40(48)46-25-22-33(23-26-46)43(24-27-51-54(9,10)42(4,5)6,39-44-29-35(45-39)38(47)50-8)32-19-16-30(17-20-32)31-18-21-36(37(28-31)49-7)52-34-14-12-11-13-15-34/h11-21,28-29,33H,22-27H2,1-10H3,(H,44,45). The van der Waals surface area contributed by atoms with Crippen LogP contribution in [0.15, 0.2) is 79.0 Å². The summed E-state index contributed by atoms with van der Waals surface area (Å²) in [6.07, 6.45) is 3.27. The normalized spacial score (nSPS) is 15.3. The van der Waals surface area contributed by atoms with Gasteiger partial charge < -0.3 is 33.3 Å². The van der Waals surface area contributed by atoms with Crippen LogP contribution in [0.5, 0.6) is 17.2 Å². The molecule has 10 nitrogen and oxygen atoms in total. The van der Waals surface area contributed by atoms with Crippen molar-refractivity contribution in [1.82, 2.24) is 14.9 Å². The van der Waals surface area contributed by atoms with Gasteiger partial charge in [0.05, 0.1) is 25.8 Å². The fourth-order valence-corrected chi connectivity index (χ4v) is 7.91. The highest BCUT2D eigenvalue weighted by Crippen LogP contribution is 2.47. The fraction of sp³-hybridized carbons (Fsp3) is 0.465. The van der Waals surface area contributed by atoms with Crippen molar-refractivity contribution in [3.8, 4) is 28.4 Å². The monoisotopic (exact) mass is 755 g/mol. The second kappa shape index (κ2) is 16.4. The summed E-state index contributed by atoms with van der Waals surface area (Å²) in [5, 5.41) is 0.0293. The molecule has 0 spiro atoms. The summed E-state index contributed by atoms with van der Waals surface area (Å²) < 4.78 is 29.5. The van der Waals surface area contributed by atoms with E-state index in [0.29, 0.717) is 56.3 Å². The smallest absolute Gasteiger partial charge is 0.410 e. The molecule has 1 aliphatic rings. The van der Waals surface area contributed by atoms with Crippen LogP contribution in [-0.4, -0.2) is 74.8 Å². The molecule has 1 saturated heterocycles. The molecule has 1 fully saturated rings. The number of rotatable bonds is 12. The summed E-state index contributed by atoms with van der Waals surface area (Å²) in [4.78, 5) is 35.9. The van der Waals surface area contributed by atoms with Crippen molar-refractivity contribution < 1.29 is 33.0 Å². The summed E-state index contributed by atoms with van der Waals surface area (Å²) in [5.74, 6) is 2.23. The van der Waals surface area contributed by atoms with Crippen LogP contribution in [0.4, 0.5) is 4.79 Å². The lowest BCUT2D eigenvalue weighted by Gasteiger charge is -2.45. The molecule has 0 saturated carbocycles. The zero-order chi connectivity index (χ0) is 39.3. The van der Waals surface area contributed by atoms with E-state index in [9.17, 15) is 9.59 Å². The van der Waals surface area contributed by atoms with Gasteiger partial charge in [-0.05, 0) is 105 Å². The predicted molar refractivity (Wildman–Crippen MR) is 214 cm³/mol. The van der Waals surface area contributed by atoms with Crippen LogP contribution in [-0.2, 0) is 19.3 Å². The average Bonchev–Trinajstić information content (AvgIpc) is 3.64. The Morgan fingerprint density at radius 1 is 0.870 bits per heavy atom. The van der Waals surface area contributed by atoms with Crippen LogP contribution < -0.4 is 9.47 Å². The number of carbonyl (C=O) groups excluding carboxylic acids is 2. The lowest BCUT2D eigenvalue weighted by atomic mass is 9.64. The number of H-pyrrole nitrogens is 1. The van der Waals surface area contributed by atoms with Crippen molar-refractivity contribution in [2.24, 2.45) is 5.92 Å². The topological polar surface area (TPSA) is 112 Å². The zero-order valence-electron chi connectivity index (χ0n) is 33.6. The van der Waals surface area contributed by atoms with Gasteiger partial charge >= 0.3 is 12.1 Å². The molecule has 1 unspecified atom stereocenters. The number of methoxy groups -OCH3 is 2. The summed E-state index contributed by atoms with van der Waals surface area (Å²) in [6.45, 7) is 18.4. The molecule has 3 aromatic carbocycles. The van der Waals surface area contributed by atoms with Crippen molar-refractivity contribution in [3.63, 3.8) is 0 Å². The number of benzene rings is 3. The number of nitrogens with one attached hydrogen (secondary N) is 1. The third-order valence-corrected chi connectivity index (χ3v) is 15.4. The highest BCUT2D eigenvalue weighted by molar-refractivity contribution is 6.74. The number of aromatic nitrogens is 2. The van der Waals surface area contributed by atoms with Gasteiger partial charge in [-0.1, -0.05) is 69.3 Å². The SMILES string of the molecule is COC(=O)c1cnc(C(CCO[Si](C)(C)C(C)(C)C)(c2ccc(-c3ccc(Oc4ccccc4)c(OC)c3)cc2)C2CCN(C(=O)OC(C)(C)C)CC2)[nH]1. The van der Waals surface area contributed by atoms with Gasteiger partial charge in [0.1, 0.15) is 22.9 Å².